The summed E-state index contributed by atoms with van der Waals surface area (Å²) in [5.41, 5.74) is -1.33. The fourth-order valence-corrected chi connectivity index (χ4v) is 4.64. The third-order valence-electron chi connectivity index (χ3n) is 6.83. The largest absolute Gasteiger partial charge is 2.00 e. The van der Waals surface area contributed by atoms with E-state index in [0.717, 1.165) is 17.6 Å². The van der Waals surface area contributed by atoms with Crippen LogP contribution in [0.5, 0.6) is 0 Å². The SMILES string of the molecule is C(=Nc1ccccc1)C1CCCC1C=Nc1ccccc1.C1CCCC1.CC=[N-].[B]c1cc(C(F)(F)F)cc(C(F)(F)F)c1.[CH3-].[Fe].[Pd+2]. The number of para-hydroxylation sites is 2. The van der Waals surface area contributed by atoms with Crippen molar-refractivity contribution in [2.24, 2.45) is 21.8 Å². The second-order valence-corrected chi connectivity index (χ2v) is 10.4. The number of halogens is 6. The van der Waals surface area contributed by atoms with Gasteiger partial charge in [0.25, 0.3) is 0 Å². The molecular formula is C35H40BF6FeN3Pd. The topological polar surface area (TPSA) is 47.0 Å². The third kappa shape index (κ3) is 19.2. The zero-order chi connectivity index (χ0) is 32.4. The molecule has 2 unspecified atom stereocenters. The Morgan fingerprint density at radius 2 is 0.979 bits per heavy atom. The first kappa shape index (κ1) is 46.6. The smallest absolute Gasteiger partial charge is 0.814 e. The fourth-order valence-electron chi connectivity index (χ4n) is 4.64. The summed E-state index contributed by atoms with van der Waals surface area (Å²) in [5, 5.41) is 7.44. The van der Waals surface area contributed by atoms with Crippen molar-refractivity contribution >= 4 is 43.3 Å². The molecule has 3 nitrogen and oxygen atoms in total. The monoisotopic (exact) mass is 789 g/mol. The molecule has 2 radical (unpaired) electrons. The molecule has 0 spiro atoms. The normalized spacial score (nSPS) is 16.9. The second kappa shape index (κ2) is 24.6. The molecule has 2 saturated carbocycles. The Bertz CT molecular complexity index is 1210. The van der Waals surface area contributed by atoms with Gasteiger partial charge in [0.2, 0.25) is 0 Å². The van der Waals surface area contributed by atoms with Gasteiger partial charge in [-0.1, -0.05) is 99.4 Å². The van der Waals surface area contributed by atoms with Crippen LogP contribution in [0.1, 0.15) is 69.4 Å². The minimum Gasteiger partial charge on any atom is -0.814 e. The first-order valence-corrected chi connectivity index (χ1v) is 14.6. The van der Waals surface area contributed by atoms with Crippen LogP contribution in [0, 0.1) is 19.3 Å². The molecule has 5 rings (SSSR count). The molecule has 0 bridgehead atoms. The quantitative estimate of drug-likeness (QED) is 0.109. The Morgan fingerprint density at radius 1 is 0.660 bits per heavy atom. The molecule has 2 atom stereocenters. The molecule has 0 saturated heterocycles. The van der Waals surface area contributed by atoms with Gasteiger partial charge in [-0.15, -0.1) is 0 Å². The molecule has 0 amide bonds. The average Bonchev–Trinajstić information content (AvgIpc) is 3.72. The van der Waals surface area contributed by atoms with Gasteiger partial charge in [-0.2, -0.15) is 26.3 Å². The van der Waals surface area contributed by atoms with Gasteiger partial charge in [-0.3, -0.25) is 9.98 Å². The summed E-state index contributed by atoms with van der Waals surface area (Å²) < 4.78 is 72.7. The Labute approximate surface area is 301 Å². The summed E-state index contributed by atoms with van der Waals surface area (Å²) in [5.74, 6) is 1.02. The minimum atomic E-state index is -4.84. The van der Waals surface area contributed by atoms with Gasteiger partial charge in [-0.05, 0) is 43.2 Å². The molecule has 47 heavy (non-hydrogen) atoms. The Morgan fingerprint density at radius 3 is 1.28 bits per heavy atom. The van der Waals surface area contributed by atoms with Crippen LogP contribution in [0.3, 0.4) is 0 Å². The molecule has 258 valence electrons. The molecule has 3 aromatic rings. The van der Waals surface area contributed by atoms with Crippen LogP contribution in [0.25, 0.3) is 5.41 Å². The standard InChI is InChI=1S/C19H20N2.C8H3BF6.C5H10.C2H4N.CH3.Fe.Pd/c1-3-10-18(11-4-1)20-14-16-8-7-9-17(16)15-21-19-12-5-2-6-13-19;9-6-2-4(7(10,11)12)1-5(3-6)8(13,14)15;1-2-4-5-3-1;1-2-3;;;/h1-6,10-17H,7-9H2;1-3H;1-5H2;2H,1H3;1H3;;/q;;;2*-1;;+2. The van der Waals surface area contributed by atoms with Crippen molar-refractivity contribution < 1.29 is 63.8 Å². The predicted molar refractivity (Wildman–Crippen MR) is 176 cm³/mol. The Kier molecular flexibility index (Phi) is 24.4. The molecule has 2 fully saturated rings. The van der Waals surface area contributed by atoms with E-state index in [0.29, 0.717) is 24.0 Å². The molecule has 0 N–H and O–H groups in total. The first-order valence-electron chi connectivity index (χ1n) is 14.6. The third-order valence-corrected chi connectivity index (χ3v) is 6.83. The van der Waals surface area contributed by atoms with Crippen LogP contribution in [0.2, 0.25) is 0 Å². The van der Waals surface area contributed by atoms with Crippen molar-refractivity contribution in [1.82, 2.24) is 0 Å². The molecule has 12 heteroatoms. The number of alkyl halides is 6. The van der Waals surface area contributed by atoms with E-state index in [1.54, 1.807) is 6.92 Å². The second-order valence-electron chi connectivity index (χ2n) is 10.4. The summed E-state index contributed by atoms with van der Waals surface area (Å²) in [6, 6.07) is 21.2. The maximum absolute atomic E-state index is 12.1. The molecule has 3 aromatic carbocycles. The number of rotatable bonds is 4. The van der Waals surface area contributed by atoms with Gasteiger partial charge >= 0.3 is 32.8 Å². The van der Waals surface area contributed by atoms with Gasteiger partial charge in [0.05, 0.1) is 22.5 Å². The van der Waals surface area contributed by atoms with Crippen molar-refractivity contribution in [3.8, 4) is 0 Å². The molecule has 2 aliphatic rings. The zero-order valence-electron chi connectivity index (χ0n) is 26.4. The molecule has 0 aromatic heterocycles. The van der Waals surface area contributed by atoms with Crippen molar-refractivity contribution in [2.45, 2.75) is 70.6 Å². The summed E-state index contributed by atoms with van der Waals surface area (Å²) in [4.78, 5) is 9.21. The van der Waals surface area contributed by atoms with E-state index in [1.165, 1.54) is 51.4 Å². The van der Waals surface area contributed by atoms with E-state index in [2.05, 4.69) is 22.4 Å². The van der Waals surface area contributed by atoms with Crippen molar-refractivity contribution in [3.05, 3.63) is 103 Å². The van der Waals surface area contributed by atoms with E-state index in [-0.39, 0.29) is 51.0 Å². The van der Waals surface area contributed by atoms with Crippen molar-refractivity contribution in [3.63, 3.8) is 0 Å². The van der Waals surface area contributed by atoms with Gasteiger partial charge < -0.3 is 12.8 Å². The summed E-state index contributed by atoms with van der Waals surface area (Å²) >= 11 is 0. The predicted octanol–water partition coefficient (Wildman–Crippen LogP) is 10.8. The van der Waals surface area contributed by atoms with Crippen LogP contribution in [0.15, 0.2) is 88.8 Å². The molecule has 2 aliphatic carbocycles. The average molecular weight is 790 g/mol. The fraction of sp³-hybridized carbons (Fsp3) is 0.371. The first-order chi connectivity index (χ1) is 20.9. The van der Waals surface area contributed by atoms with Gasteiger partial charge in [0.15, 0.2) is 0 Å². The molecule has 0 aliphatic heterocycles. The number of aliphatic imine (C=N–C) groups is 2. The molecular weight excluding hydrogens is 749 g/mol. The number of nitrogens with zero attached hydrogens (tertiary/aromatic N) is 3. The number of hydrogen-bond acceptors (Lipinski definition) is 2. The van der Waals surface area contributed by atoms with Crippen LogP contribution in [0.4, 0.5) is 37.7 Å². The Balaban J connectivity index is 0. The van der Waals surface area contributed by atoms with Gasteiger partial charge in [0.1, 0.15) is 7.85 Å². The van der Waals surface area contributed by atoms with E-state index in [1.807, 2.05) is 60.7 Å². The van der Waals surface area contributed by atoms with Crippen LogP contribution in [-0.2, 0) is 49.8 Å². The van der Waals surface area contributed by atoms with E-state index < -0.39 is 28.9 Å². The van der Waals surface area contributed by atoms with Gasteiger partial charge in [0, 0.05) is 41.3 Å². The van der Waals surface area contributed by atoms with E-state index in [4.69, 9.17) is 13.3 Å². The number of hydrogen-bond donors (Lipinski definition) is 0. The molecule has 0 heterocycles. The van der Waals surface area contributed by atoms with Crippen LogP contribution >= 0.6 is 0 Å². The maximum atomic E-state index is 12.1. The summed E-state index contributed by atoms with van der Waals surface area (Å²) in [6.07, 6.45) is 6.74. The van der Waals surface area contributed by atoms with Gasteiger partial charge in [-0.25, -0.2) is 6.21 Å². The minimum absolute atomic E-state index is 0. The van der Waals surface area contributed by atoms with E-state index >= 15 is 0 Å². The van der Waals surface area contributed by atoms with E-state index in [9.17, 15) is 26.3 Å². The maximum Gasteiger partial charge on any atom is 2.00 e. The summed E-state index contributed by atoms with van der Waals surface area (Å²) in [6.45, 7) is 1.56. The van der Waals surface area contributed by atoms with Crippen LogP contribution in [-0.4, -0.2) is 26.5 Å². The zero-order valence-corrected chi connectivity index (χ0v) is 29.1. The van der Waals surface area contributed by atoms with Crippen molar-refractivity contribution in [1.29, 1.82) is 0 Å². The summed E-state index contributed by atoms with van der Waals surface area (Å²) in [7, 11) is 4.95. The number of benzene rings is 3. The van der Waals surface area contributed by atoms with Crippen molar-refractivity contribution in [2.75, 3.05) is 0 Å². The Hall–Kier alpha value is -2.50. The van der Waals surface area contributed by atoms with Crippen LogP contribution < -0.4 is 5.46 Å².